The van der Waals surface area contributed by atoms with E-state index in [9.17, 15) is 23.2 Å². The molecular weight excluding hydrogens is 440 g/mol. The van der Waals surface area contributed by atoms with E-state index in [-0.39, 0.29) is 48.9 Å². The van der Waals surface area contributed by atoms with Crippen molar-refractivity contribution in [2.45, 2.75) is 69.8 Å². The molecule has 1 aromatic carbocycles. The van der Waals surface area contributed by atoms with Crippen LogP contribution < -0.4 is 20.5 Å². The molecule has 11 heteroatoms. The first kappa shape index (κ1) is 23.1. The number of likely N-dealkylation sites (tertiary alicyclic amines) is 1. The van der Waals surface area contributed by atoms with Gasteiger partial charge in [-0.15, -0.1) is 8.78 Å². The Morgan fingerprint density at radius 1 is 1.15 bits per heavy atom. The van der Waals surface area contributed by atoms with Gasteiger partial charge in [-0.25, -0.2) is 4.79 Å². The van der Waals surface area contributed by atoms with Crippen molar-refractivity contribution in [1.82, 2.24) is 10.2 Å². The predicted molar refractivity (Wildman–Crippen MR) is 111 cm³/mol. The maximum absolute atomic E-state index is 13.6. The Balaban J connectivity index is 1.53. The number of piperidine rings is 1. The maximum Gasteiger partial charge on any atom is 0.586 e. The number of benzene rings is 1. The van der Waals surface area contributed by atoms with Crippen LogP contribution in [-0.4, -0.2) is 53.3 Å². The Labute approximate surface area is 189 Å². The van der Waals surface area contributed by atoms with Crippen molar-refractivity contribution in [1.29, 1.82) is 0 Å². The van der Waals surface area contributed by atoms with E-state index in [1.807, 2.05) is 0 Å². The van der Waals surface area contributed by atoms with E-state index in [2.05, 4.69) is 14.8 Å². The smallest absolute Gasteiger partial charge is 0.444 e. The summed E-state index contributed by atoms with van der Waals surface area (Å²) in [5, 5.41) is 2.71. The van der Waals surface area contributed by atoms with Gasteiger partial charge in [0.1, 0.15) is 11.1 Å². The second kappa shape index (κ2) is 7.74. The fourth-order valence-corrected chi connectivity index (χ4v) is 4.12. The van der Waals surface area contributed by atoms with Crippen molar-refractivity contribution >= 4 is 17.9 Å². The molecule has 3 aliphatic rings. The number of primary amides is 1. The molecule has 0 atom stereocenters. The van der Waals surface area contributed by atoms with Crippen LogP contribution in [0.15, 0.2) is 12.1 Å². The van der Waals surface area contributed by atoms with Crippen LogP contribution in [0.25, 0.3) is 0 Å². The molecule has 1 aromatic rings. The molecule has 0 spiro atoms. The Kier molecular flexibility index (Phi) is 5.41. The van der Waals surface area contributed by atoms with E-state index in [1.165, 1.54) is 17.0 Å². The third kappa shape index (κ3) is 4.67. The first-order chi connectivity index (χ1) is 15.3. The largest absolute Gasteiger partial charge is 0.586 e. The normalized spacial score (nSPS) is 20.8. The van der Waals surface area contributed by atoms with Gasteiger partial charge in [0.25, 0.3) is 5.91 Å². The van der Waals surface area contributed by atoms with Crippen LogP contribution in [0.2, 0.25) is 0 Å². The maximum atomic E-state index is 13.6. The fourth-order valence-electron chi connectivity index (χ4n) is 4.12. The van der Waals surface area contributed by atoms with Crippen molar-refractivity contribution < 1.29 is 37.4 Å². The molecule has 2 fully saturated rings. The quantitative estimate of drug-likeness (QED) is 0.703. The lowest BCUT2D eigenvalue weighted by Gasteiger charge is -2.40. The molecule has 3 N–H and O–H groups in total. The van der Waals surface area contributed by atoms with Crippen LogP contribution in [0.4, 0.5) is 13.6 Å². The number of nitrogens with zero attached hydrogens (tertiary/aromatic N) is 1. The number of fused-ring (bicyclic) bond motifs is 1. The average molecular weight is 467 g/mol. The van der Waals surface area contributed by atoms with E-state index in [1.54, 1.807) is 20.8 Å². The minimum atomic E-state index is -3.80. The number of hydrogen-bond acceptors (Lipinski definition) is 6. The van der Waals surface area contributed by atoms with Crippen molar-refractivity contribution in [2.75, 3.05) is 13.1 Å². The van der Waals surface area contributed by atoms with E-state index < -0.39 is 35.3 Å². The molecule has 0 radical (unpaired) electrons. The summed E-state index contributed by atoms with van der Waals surface area (Å²) in [5.41, 5.74) is 4.07. The molecule has 2 aliphatic heterocycles. The Morgan fingerprint density at radius 2 is 1.79 bits per heavy atom. The second-order valence-corrected chi connectivity index (χ2v) is 9.66. The Morgan fingerprint density at radius 3 is 2.33 bits per heavy atom. The summed E-state index contributed by atoms with van der Waals surface area (Å²) in [6.45, 7) is 5.56. The van der Waals surface area contributed by atoms with Crippen molar-refractivity contribution in [3.63, 3.8) is 0 Å². The molecule has 1 saturated heterocycles. The number of nitrogens with one attached hydrogen (secondary N) is 1. The summed E-state index contributed by atoms with van der Waals surface area (Å²) in [6, 6.07) is 2.64. The molecule has 0 unspecified atom stereocenters. The van der Waals surface area contributed by atoms with E-state index in [0.29, 0.717) is 5.56 Å². The lowest BCUT2D eigenvalue weighted by molar-refractivity contribution is -0.286. The van der Waals surface area contributed by atoms with Gasteiger partial charge in [-0.1, -0.05) is 0 Å². The zero-order valence-corrected chi connectivity index (χ0v) is 18.7. The Bertz CT molecular complexity index is 995. The van der Waals surface area contributed by atoms with Crippen LogP contribution in [0.3, 0.4) is 0 Å². The molecule has 180 valence electrons. The zero-order chi connectivity index (χ0) is 24.2. The van der Waals surface area contributed by atoms with Gasteiger partial charge in [0.15, 0.2) is 11.5 Å². The summed E-state index contributed by atoms with van der Waals surface area (Å²) in [4.78, 5) is 39.4. The lowest BCUT2D eigenvalue weighted by Crippen LogP contribution is -2.63. The molecule has 2 heterocycles. The number of alkyl halides is 2. The summed E-state index contributed by atoms with van der Waals surface area (Å²) in [7, 11) is 0. The Hall–Kier alpha value is -3.11. The van der Waals surface area contributed by atoms with Crippen LogP contribution >= 0.6 is 0 Å². The molecular formula is C22H27F2N3O6. The van der Waals surface area contributed by atoms with Crippen molar-refractivity contribution in [2.24, 2.45) is 5.73 Å². The topological polar surface area (TPSA) is 120 Å². The molecule has 0 aromatic heterocycles. The van der Waals surface area contributed by atoms with Crippen molar-refractivity contribution in [3.8, 4) is 11.5 Å². The highest BCUT2D eigenvalue weighted by molar-refractivity contribution is 6.01. The molecule has 9 nitrogen and oxygen atoms in total. The minimum absolute atomic E-state index is 0.0920. The minimum Gasteiger partial charge on any atom is -0.444 e. The number of ether oxygens (including phenoxy) is 3. The number of rotatable bonds is 4. The standard InChI is InChI=1S/C22H27F2N3O6/c1-20(2,3)33-19(30)27-10-8-21(9-11-27,18(25)29)26-17(28)13-6-7-14-16(15(13)12-4-5-12)32-22(23,24)31-14/h6-7,12H,4-5,8-11H2,1-3H3,(H2,25,29)(H,26,28). The third-order valence-corrected chi connectivity index (χ3v) is 5.93. The highest BCUT2D eigenvalue weighted by Crippen LogP contribution is 2.53. The predicted octanol–water partition coefficient (Wildman–Crippen LogP) is 2.87. The van der Waals surface area contributed by atoms with Gasteiger partial charge in [0.05, 0.1) is 0 Å². The van der Waals surface area contributed by atoms with Gasteiger partial charge in [0.2, 0.25) is 5.91 Å². The number of hydrogen-bond donors (Lipinski definition) is 2. The molecule has 4 rings (SSSR count). The number of halogens is 2. The van der Waals surface area contributed by atoms with Gasteiger partial charge in [-0.2, -0.15) is 0 Å². The number of nitrogens with two attached hydrogens (primary N) is 1. The summed E-state index contributed by atoms with van der Waals surface area (Å²) >= 11 is 0. The summed E-state index contributed by atoms with van der Waals surface area (Å²) < 4.78 is 41.8. The highest BCUT2D eigenvalue weighted by atomic mass is 19.3. The molecule has 1 saturated carbocycles. The SMILES string of the molecule is CC(C)(C)OC(=O)N1CCC(NC(=O)c2ccc3c(c2C2CC2)OC(F)(F)O3)(C(N)=O)CC1. The van der Waals surface area contributed by atoms with Gasteiger partial charge < -0.3 is 30.2 Å². The molecule has 3 amide bonds. The fraction of sp³-hybridized carbons (Fsp3) is 0.591. The zero-order valence-electron chi connectivity index (χ0n) is 18.7. The van der Waals surface area contributed by atoms with Crippen LogP contribution in [0.1, 0.15) is 68.3 Å². The van der Waals surface area contributed by atoms with Crippen LogP contribution in [0, 0.1) is 0 Å². The van der Waals surface area contributed by atoms with Gasteiger partial charge in [-0.3, -0.25) is 9.59 Å². The van der Waals surface area contributed by atoms with Crippen LogP contribution in [-0.2, 0) is 9.53 Å². The van der Waals surface area contributed by atoms with E-state index in [4.69, 9.17) is 10.5 Å². The second-order valence-electron chi connectivity index (χ2n) is 9.66. The lowest BCUT2D eigenvalue weighted by atomic mass is 9.86. The van der Waals surface area contributed by atoms with Crippen molar-refractivity contribution in [3.05, 3.63) is 23.3 Å². The average Bonchev–Trinajstić information content (AvgIpc) is 3.47. The summed E-state index contributed by atoms with van der Waals surface area (Å²) in [6.07, 6.45) is -2.69. The molecule has 1 aliphatic carbocycles. The third-order valence-electron chi connectivity index (χ3n) is 5.93. The van der Waals surface area contributed by atoms with Gasteiger partial charge in [-0.05, 0) is 64.5 Å². The van der Waals surface area contributed by atoms with Gasteiger partial charge >= 0.3 is 12.4 Å². The van der Waals surface area contributed by atoms with Crippen LogP contribution in [0.5, 0.6) is 11.5 Å². The summed E-state index contributed by atoms with van der Waals surface area (Å²) in [5.74, 6) is -1.75. The monoisotopic (exact) mass is 467 g/mol. The first-order valence-electron chi connectivity index (χ1n) is 10.8. The molecule has 0 bridgehead atoms. The highest BCUT2D eigenvalue weighted by Gasteiger charge is 2.48. The van der Waals surface area contributed by atoms with E-state index in [0.717, 1.165) is 12.8 Å². The van der Waals surface area contributed by atoms with Gasteiger partial charge in [0, 0.05) is 24.2 Å². The number of amides is 3. The number of carbonyl (C=O) groups is 3. The first-order valence-corrected chi connectivity index (χ1v) is 10.8. The number of carbonyl (C=O) groups excluding carboxylic acids is 3. The molecule has 33 heavy (non-hydrogen) atoms. The van der Waals surface area contributed by atoms with E-state index >= 15 is 0 Å².